The summed E-state index contributed by atoms with van der Waals surface area (Å²) in [5.74, 6) is 0. The molecule has 32 heavy (non-hydrogen) atoms. The van der Waals surface area contributed by atoms with Crippen LogP contribution in [0, 0.1) is 6.04 Å². The highest BCUT2D eigenvalue weighted by Gasteiger charge is 2.35. The molecule has 8 nitrogen and oxygen atoms in total. The van der Waals surface area contributed by atoms with E-state index < -0.39 is 8.07 Å². The Hall–Kier alpha value is -2.07. The molecule has 0 bridgehead atoms. The zero-order valence-electron chi connectivity index (χ0n) is 19.4. The normalized spacial score (nSPS) is 19.0. The molecule has 0 saturated carbocycles. The highest BCUT2D eigenvalue weighted by Crippen LogP contribution is 2.29. The van der Waals surface area contributed by atoms with Gasteiger partial charge in [0, 0.05) is 57.2 Å². The lowest BCUT2D eigenvalue weighted by molar-refractivity contribution is 0.0899. The van der Waals surface area contributed by atoms with Gasteiger partial charge in [0.2, 0.25) is 0 Å². The molecule has 2 aliphatic rings. The number of hydrogen-bond donors (Lipinski definition) is 1. The summed E-state index contributed by atoms with van der Waals surface area (Å²) in [6, 6.07) is 5.32. The van der Waals surface area contributed by atoms with Gasteiger partial charge in [-0.2, -0.15) is 5.10 Å². The molecular formula is C23H34N7OSi. The van der Waals surface area contributed by atoms with Gasteiger partial charge in [-0.1, -0.05) is 19.6 Å². The summed E-state index contributed by atoms with van der Waals surface area (Å²) in [6.07, 6.45) is 10.2. The van der Waals surface area contributed by atoms with E-state index in [0.29, 0.717) is 12.8 Å². The lowest BCUT2D eigenvalue weighted by Gasteiger charge is -2.45. The number of ether oxygens (including phenoxy) is 1. The smallest absolute Gasteiger partial charge is 0.145 e. The topological polar surface area (TPSA) is 73.0 Å². The molecule has 3 aromatic heterocycles. The predicted octanol–water partition coefficient (Wildman–Crippen LogP) is 3.05. The Morgan fingerprint density at radius 3 is 2.75 bits per heavy atom. The summed E-state index contributed by atoms with van der Waals surface area (Å²) in [6.45, 7) is 12.7. The van der Waals surface area contributed by atoms with E-state index in [-0.39, 0.29) is 0 Å². The molecule has 5 heterocycles. The van der Waals surface area contributed by atoms with Gasteiger partial charge < -0.3 is 14.6 Å². The molecule has 0 amide bonds. The molecule has 5 rings (SSSR count). The maximum absolute atomic E-state index is 5.93. The van der Waals surface area contributed by atoms with Crippen LogP contribution in [0.15, 0.2) is 31.0 Å². The first-order valence-corrected chi connectivity index (χ1v) is 15.4. The van der Waals surface area contributed by atoms with Gasteiger partial charge in [0.15, 0.2) is 0 Å². The van der Waals surface area contributed by atoms with Crippen LogP contribution in [0.2, 0.25) is 25.7 Å². The molecule has 2 fully saturated rings. The van der Waals surface area contributed by atoms with E-state index in [4.69, 9.17) is 4.74 Å². The SMILES string of the molecule is C[Si](C)(C)CCOCn1ccc2c(-c3cnn([C]4CN(C5CCNCC5)C4)c3)ncnc21. The van der Waals surface area contributed by atoms with E-state index in [1.165, 1.54) is 24.9 Å². The first-order valence-electron chi connectivity index (χ1n) is 11.7. The average Bonchev–Trinajstić information content (AvgIpc) is 3.38. The minimum Gasteiger partial charge on any atom is -0.361 e. The van der Waals surface area contributed by atoms with Crippen molar-refractivity contribution in [2.45, 2.75) is 51.3 Å². The second-order valence-corrected chi connectivity index (χ2v) is 15.8. The van der Waals surface area contributed by atoms with E-state index in [1.54, 1.807) is 6.33 Å². The molecule has 1 N–H and O–H groups in total. The molecule has 0 aromatic carbocycles. The molecule has 3 aromatic rings. The van der Waals surface area contributed by atoms with Crippen LogP contribution in [0.4, 0.5) is 0 Å². The van der Waals surface area contributed by atoms with E-state index in [1.807, 2.05) is 17.1 Å². The van der Waals surface area contributed by atoms with Crippen LogP contribution >= 0.6 is 0 Å². The second-order valence-electron chi connectivity index (χ2n) is 10.2. The fourth-order valence-electron chi connectivity index (χ4n) is 4.49. The first-order chi connectivity index (χ1) is 15.5. The van der Waals surface area contributed by atoms with Crippen molar-refractivity contribution in [1.29, 1.82) is 0 Å². The molecule has 2 saturated heterocycles. The summed E-state index contributed by atoms with van der Waals surface area (Å²) in [5.41, 5.74) is 2.86. The molecule has 2 aliphatic heterocycles. The van der Waals surface area contributed by atoms with Gasteiger partial charge in [-0.05, 0) is 38.0 Å². The fourth-order valence-corrected chi connectivity index (χ4v) is 5.25. The van der Waals surface area contributed by atoms with Gasteiger partial charge in [0.25, 0.3) is 0 Å². The molecule has 0 spiro atoms. The molecule has 9 heteroatoms. The summed E-state index contributed by atoms with van der Waals surface area (Å²) in [4.78, 5) is 11.7. The molecular weight excluding hydrogens is 418 g/mol. The Kier molecular flexibility index (Phi) is 6.15. The third kappa shape index (κ3) is 4.66. The highest BCUT2D eigenvalue weighted by atomic mass is 28.3. The quantitative estimate of drug-likeness (QED) is 0.418. The molecule has 171 valence electrons. The van der Waals surface area contributed by atoms with Crippen molar-refractivity contribution in [3.8, 4) is 11.3 Å². The van der Waals surface area contributed by atoms with E-state index in [9.17, 15) is 0 Å². The van der Waals surface area contributed by atoms with Crippen LogP contribution in [0.1, 0.15) is 12.8 Å². The monoisotopic (exact) mass is 452 g/mol. The van der Waals surface area contributed by atoms with Gasteiger partial charge in [0.1, 0.15) is 24.7 Å². The van der Waals surface area contributed by atoms with Crippen LogP contribution in [-0.2, 0) is 11.5 Å². The minimum absolute atomic E-state index is 0.522. The average molecular weight is 453 g/mol. The maximum Gasteiger partial charge on any atom is 0.145 e. The molecule has 0 atom stereocenters. The van der Waals surface area contributed by atoms with Crippen molar-refractivity contribution in [3.63, 3.8) is 0 Å². The van der Waals surface area contributed by atoms with E-state index >= 15 is 0 Å². The van der Waals surface area contributed by atoms with Crippen molar-refractivity contribution in [3.05, 3.63) is 37.0 Å². The standard InChI is InChI=1S/C23H34N7OSi/c1-32(2,3)11-10-31-17-28-9-6-21-22(25-16-26-23(21)28)18-12-27-30(13-18)20-14-29(15-20)19-4-7-24-8-5-19/h6,9,12-13,16,19,24H,4-5,7-8,10-11,14-15,17H2,1-3H3. The van der Waals surface area contributed by atoms with Crippen molar-refractivity contribution in [1.82, 2.24) is 34.5 Å². The Morgan fingerprint density at radius 1 is 1.16 bits per heavy atom. The summed E-state index contributed by atoms with van der Waals surface area (Å²) in [5, 5.41) is 9.13. The largest absolute Gasteiger partial charge is 0.361 e. The number of rotatable bonds is 8. The lowest BCUT2D eigenvalue weighted by Crippen LogP contribution is -2.55. The number of fused-ring (bicyclic) bond motifs is 1. The first kappa shape index (κ1) is 21.8. The Bertz CT molecular complexity index is 1040. The number of hydrogen-bond acceptors (Lipinski definition) is 6. The van der Waals surface area contributed by atoms with Gasteiger partial charge in [-0.3, -0.25) is 9.58 Å². The van der Waals surface area contributed by atoms with Gasteiger partial charge in [-0.25, -0.2) is 9.97 Å². The second kappa shape index (κ2) is 9.05. The Balaban J connectivity index is 1.25. The zero-order chi connectivity index (χ0) is 22.1. The minimum atomic E-state index is -1.08. The molecule has 0 unspecified atom stereocenters. The van der Waals surface area contributed by atoms with Gasteiger partial charge in [0.05, 0.1) is 11.9 Å². The van der Waals surface area contributed by atoms with Crippen LogP contribution < -0.4 is 5.32 Å². The van der Waals surface area contributed by atoms with E-state index in [0.717, 1.165) is 55.1 Å². The summed E-state index contributed by atoms with van der Waals surface area (Å²) in [7, 11) is -1.08. The maximum atomic E-state index is 5.93. The lowest BCUT2D eigenvalue weighted by atomic mass is 9.98. The zero-order valence-corrected chi connectivity index (χ0v) is 20.4. The van der Waals surface area contributed by atoms with Crippen molar-refractivity contribution < 1.29 is 4.74 Å². The van der Waals surface area contributed by atoms with Gasteiger partial charge in [-0.15, -0.1) is 0 Å². The highest BCUT2D eigenvalue weighted by molar-refractivity contribution is 6.76. The molecule has 0 aliphatic carbocycles. The Morgan fingerprint density at radius 2 is 1.97 bits per heavy atom. The number of likely N-dealkylation sites (tertiary alicyclic amines) is 1. The molecule has 1 radical (unpaired) electrons. The van der Waals surface area contributed by atoms with Gasteiger partial charge >= 0.3 is 0 Å². The van der Waals surface area contributed by atoms with Crippen molar-refractivity contribution in [2.24, 2.45) is 0 Å². The van der Waals surface area contributed by atoms with E-state index in [2.05, 4.69) is 61.8 Å². The van der Waals surface area contributed by atoms with Crippen molar-refractivity contribution in [2.75, 3.05) is 32.8 Å². The van der Waals surface area contributed by atoms with Crippen LogP contribution in [0.5, 0.6) is 0 Å². The third-order valence-corrected chi connectivity index (χ3v) is 8.26. The Labute approximate surface area is 191 Å². The number of nitrogens with zero attached hydrogens (tertiary/aromatic N) is 6. The predicted molar refractivity (Wildman–Crippen MR) is 129 cm³/mol. The number of piperidine rings is 1. The fraction of sp³-hybridized carbons (Fsp3) is 0.565. The van der Waals surface area contributed by atoms with Crippen molar-refractivity contribution >= 4 is 19.1 Å². The number of nitrogens with one attached hydrogen (secondary N) is 1. The summed E-state index contributed by atoms with van der Waals surface area (Å²) >= 11 is 0. The van der Waals surface area contributed by atoms with Crippen LogP contribution in [0.3, 0.4) is 0 Å². The summed E-state index contributed by atoms with van der Waals surface area (Å²) < 4.78 is 10.0. The number of aromatic nitrogens is 5. The van der Waals surface area contributed by atoms with Crippen LogP contribution in [-0.4, -0.2) is 76.1 Å². The third-order valence-electron chi connectivity index (χ3n) is 6.56. The van der Waals surface area contributed by atoms with Crippen LogP contribution in [0.25, 0.3) is 22.3 Å².